The highest BCUT2D eigenvalue weighted by Gasteiger charge is 2.31. The number of rotatable bonds is 3. The number of aryl methyl sites for hydroxylation is 1. The molecule has 0 radical (unpaired) electrons. The van der Waals surface area contributed by atoms with E-state index in [1.54, 1.807) is 4.90 Å². The summed E-state index contributed by atoms with van der Waals surface area (Å²) >= 11 is 0. The van der Waals surface area contributed by atoms with Gasteiger partial charge in [0.25, 0.3) is 0 Å². The van der Waals surface area contributed by atoms with Crippen LogP contribution in [0.1, 0.15) is 38.4 Å². The first-order valence-electron chi connectivity index (χ1n) is 11.9. The van der Waals surface area contributed by atoms with Crippen molar-refractivity contribution in [1.82, 2.24) is 9.47 Å². The Morgan fingerprint density at radius 3 is 2.56 bits per heavy atom. The maximum Gasteiger partial charge on any atom is 0.410 e. The molecule has 0 fully saturated rings. The molecule has 0 saturated heterocycles. The number of amides is 1. The van der Waals surface area contributed by atoms with Gasteiger partial charge in [-0.1, -0.05) is 6.07 Å². The average molecular weight is 464 g/mol. The largest absolute Gasteiger partial charge is 0.486 e. The summed E-state index contributed by atoms with van der Waals surface area (Å²) in [5.41, 5.74) is 5.35. The predicted molar refractivity (Wildman–Crippen MR) is 133 cm³/mol. The molecule has 7 nitrogen and oxygen atoms in total. The lowest BCUT2D eigenvalue weighted by Gasteiger charge is -2.33. The van der Waals surface area contributed by atoms with Crippen molar-refractivity contribution in [3.8, 4) is 11.5 Å². The third-order valence-electron chi connectivity index (χ3n) is 6.65. The van der Waals surface area contributed by atoms with E-state index in [9.17, 15) is 4.79 Å². The first kappa shape index (κ1) is 22.4. The van der Waals surface area contributed by atoms with E-state index in [-0.39, 0.29) is 12.1 Å². The van der Waals surface area contributed by atoms with Crippen molar-refractivity contribution in [2.45, 2.75) is 51.7 Å². The fraction of sp³-hybridized carbons (Fsp3) is 0.444. The van der Waals surface area contributed by atoms with Crippen LogP contribution in [-0.4, -0.2) is 47.5 Å². The zero-order chi connectivity index (χ0) is 24.0. The number of nitrogens with zero attached hydrogens (tertiary/aromatic N) is 2. The van der Waals surface area contributed by atoms with Gasteiger partial charge in [-0.15, -0.1) is 0 Å². The quantitative estimate of drug-likeness (QED) is 0.562. The molecule has 1 atom stereocenters. The zero-order valence-electron chi connectivity index (χ0n) is 20.6. The van der Waals surface area contributed by atoms with Gasteiger partial charge in [-0.2, -0.15) is 0 Å². The number of hydrogen-bond acceptors (Lipinski definition) is 5. The second kappa shape index (κ2) is 8.46. The Bertz CT molecular complexity index is 1240. The van der Waals surface area contributed by atoms with Crippen LogP contribution < -0.4 is 14.8 Å². The number of fused-ring (bicyclic) bond motifs is 4. The van der Waals surface area contributed by atoms with Gasteiger partial charge in [-0.25, -0.2) is 4.79 Å². The molecule has 1 amide bonds. The van der Waals surface area contributed by atoms with E-state index in [1.165, 1.54) is 22.2 Å². The van der Waals surface area contributed by atoms with E-state index in [0.717, 1.165) is 42.1 Å². The summed E-state index contributed by atoms with van der Waals surface area (Å²) < 4.78 is 19.2. The van der Waals surface area contributed by atoms with Gasteiger partial charge in [0, 0.05) is 48.7 Å². The minimum absolute atomic E-state index is 0.128. The van der Waals surface area contributed by atoms with Crippen LogP contribution in [0.15, 0.2) is 36.4 Å². The molecule has 3 aromatic rings. The molecule has 2 heterocycles. The Kier molecular flexibility index (Phi) is 5.58. The topological polar surface area (TPSA) is 65.0 Å². The Labute approximate surface area is 200 Å². The number of aromatic nitrogens is 1. The Morgan fingerprint density at radius 2 is 1.79 bits per heavy atom. The van der Waals surface area contributed by atoms with Crippen LogP contribution in [0, 0.1) is 0 Å². The fourth-order valence-corrected chi connectivity index (χ4v) is 4.93. The molecule has 2 aliphatic rings. The molecule has 5 rings (SSSR count). The fourth-order valence-electron chi connectivity index (χ4n) is 4.93. The smallest absolute Gasteiger partial charge is 0.410 e. The zero-order valence-corrected chi connectivity index (χ0v) is 20.6. The van der Waals surface area contributed by atoms with Crippen molar-refractivity contribution >= 4 is 28.4 Å². The second-order valence-electron chi connectivity index (χ2n) is 10.2. The van der Waals surface area contributed by atoms with E-state index in [0.29, 0.717) is 13.2 Å². The molecule has 180 valence electrons. The first-order chi connectivity index (χ1) is 16.2. The van der Waals surface area contributed by atoms with Crippen LogP contribution in [0.25, 0.3) is 10.9 Å². The molecule has 34 heavy (non-hydrogen) atoms. The van der Waals surface area contributed by atoms with Crippen molar-refractivity contribution in [3.63, 3.8) is 0 Å². The summed E-state index contributed by atoms with van der Waals surface area (Å²) in [5.74, 6) is 1.56. The van der Waals surface area contributed by atoms with Gasteiger partial charge in [0.1, 0.15) is 18.8 Å². The number of carbonyl (C=O) groups is 1. The van der Waals surface area contributed by atoms with Gasteiger partial charge < -0.3 is 29.0 Å². The molecule has 1 aromatic heterocycles. The van der Waals surface area contributed by atoms with Crippen LogP contribution in [0.3, 0.4) is 0 Å². The van der Waals surface area contributed by atoms with Crippen molar-refractivity contribution in [3.05, 3.63) is 47.7 Å². The molecular formula is C27H33N3O4. The maximum absolute atomic E-state index is 12.6. The van der Waals surface area contributed by atoms with Crippen LogP contribution in [0.4, 0.5) is 16.2 Å². The SMILES string of the molecule is CN(C(=O)OC(C)(C)C)C1CCc2c(c3ccc(Nc4ccc5c(c4)OCCO5)cc3n2C)C1. The summed E-state index contributed by atoms with van der Waals surface area (Å²) in [7, 11) is 3.98. The molecule has 0 saturated carbocycles. The van der Waals surface area contributed by atoms with E-state index in [2.05, 4.69) is 35.1 Å². The van der Waals surface area contributed by atoms with Crippen LogP contribution in [0.5, 0.6) is 11.5 Å². The summed E-state index contributed by atoms with van der Waals surface area (Å²) in [4.78, 5) is 14.4. The van der Waals surface area contributed by atoms with Crippen molar-refractivity contribution in [2.75, 3.05) is 25.6 Å². The highest BCUT2D eigenvalue weighted by molar-refractivity contribution is 5.89. The first-order valence-corrected chi connectivity index (χ1v) is 11.9. The molecule has 1 N–H and O–H groups in total. The Morgan fingerprint density at radius 1 is 1.09 bits per heavy atom. The number of hydrogen-bond donors (Lipinski definition) is 1. The number of likely N-dealkylation sites (N-methyl/N-ethyl adjacent to an activating group) is 1. The van der Waals surface area contributed by atoms with Crippen molar-refractivity contribution in [2.24, 2.45) is 7.05 Å². The number of anilines is 2. The third-order valence-corrected chi connectivity index (χ3v) is 6.65. The van der Waals surface area contributed by atoms with Crippen molar-refractivity contribution in [1.29, 1.82) is 0 Å². The van der Waals surface area contributed by atoms with E-state index >= 15 is 0 Å². The summed E-state index contributed by atoms with van der Waals surface area (Å²) in [5, 5.41) is 4.74. The average Bonchev–Trinajstić information content (AvgIpc) is 3.08. The van der Waals surface area contributed by atoms with E-state index in [1.807, 2.05) is 46.0 Å². The van der Waals surface area contributed by atoms with E-state index in [4.69, 9.17) is 14.2 Å². The van der Waals surface area contributed by atoms with Gasteiger partial charge in [-0.3, -0.25) is 0 Å². The molecule has 0 spiro atoms. The minimum atomic E-state index is -0.495. The van der Waals surface area contributed by atoms with Crippen LogP contribution >= 0.6 is 0 Å². The highest BCUT2D eigenvalue weighted by atomic mass is 16.6. The molecule has 2 aromatic carbocycles. The van der Waals surface area contributed by atoms with Crippen LogP contribution in [-0.2, 0) is 24.6 Å². The lowest BCUT2D eigenvalue weighted by atomic mass is 9.90. The van der Waals surface area contributed by atoms with Crippen LogP contribution in [0.2, 0.25) is 0 Å². The van der Waals surface area contributed by atoms with Gasteiger partial charge in [0.15, 0.2) is 11.5 Å². The summed E-state index contributed by atoms with van der Waals surface area (Å²) in [6.07, 6.45) is 2.43. The Hall–Kier alpha value is -3.35. The third kappa shape index (κ3) is 4.27. The monoisotopic (exact) mass is 463 g/mol. The molecular weight excluding hydrogens is 430 g/mol. The normalized spacial score (nSPS) is 17.3. The molecule has 0 bridgehead atoms. The lowest BCUT2D eigenvalue weighted by Crippen LogP contribution is -2.43. The number of carbonyl (C=O) groups excluding carboxylic acids is 1. The molecule has 7 heteroatoms. The molecule has 1 aliphatic heterocycles. The summed E-state index contributed by atoms with van der Waals surface area (Å²) in [6.45, 7) is 6.86. The van der Waals surface area contributed by atoms with Gasteiger partial charge in [0.2, 0.25) is 0 Å². The standard InChI is InChI=1S/C27H33N3O4/c1-27(2,3)34-26(31)29(4)19-8-10-22-21(16-19)20-9-6-17(14-23(20)30(22)5)28-18-7-11-24-25(15-18)33-13-12-32-24/h6-7,9,11,14-15,19,28H,8,10,12-13,16H2,1-5H3. The van der Waals surface area contributed by atoms with E-state index < -0.39 is 5.60 Å². The minimum Gasteiger partial charge on any atom is -0.486 e. The van der Waals surface area contributed by atoms with Crippen molar-refractivity contribution < 1.29 is 19.0 Å². The predicted octanol–water partition coefficient (Wildman–Crippen LogP) is 5.42. The number of benzene rings is 2. The van der Waals surface area contributed by atoms with Gasteiger partial charge >= 0.3 is 6.09 Å². The lowest BCUT2D eigenvalue weighted by molar-refractivity contribution is 0.0210. The number of ether oxygens (including phenoxy) is 3. The summed E-state index contributed by atoms with van der Waals surface area (Å²) in [6, 6.07) is 12.5. The highest BCUT2D eigenvalue weighted by Crippen LogP contribution is 2.37. The molecule has 1 unspecified atom stereocenters. The second-order valence-corrected chi connectivity index (χ2v) is 10.2. The van der Waals surface area contributed by atoms with Gasteiger partial charge in [-0.05, 0) is 69.9 Å². The Balaban J connectivity index is 1.38. The molecule has 1 aliphatic carbocycles. The van der Waals surface area contributed by atoms with Gasteiger partial charge in [0.05, 0.1) is 5.52 Å². The number of nitrogens with one attached hydrogen (secondary N) is 1. The maximum atomic E-state index is 12.6.